The van der Waals surface area contributed by atoms with Crippen LogP contribution in [-0.2, 0) is 11.2 Å². The van der Waals surface area contributed by atoms with E-state index in [1.165, 1.54) is 0 Å². The number of rotatable bonds is 7. The van der Waals surface area contributed by atoms with E-state index in [1.54, 1.807) is 31.4 Å². The molecule has 0 aliphatic carbocycles. The molecule has 0 aromatic heterocycles. The van der Waals surface area contributed by atoms with Crippen LogP contribution in [0.15, 0.2) is 55.1 Å². The zero-order valence-corrected chi connectivity index (χ0v) is 13.6. The van der Waals surface area contributed by atoms with E-state index in [-0.39, 0.29) is 12.3 Å². The third kappa shape index (κ3) is 5.04. The molecular weight excluding hydrogens is 314 g/mol. The van der Waals surface area contributed by atoms with Crippen molar-refractivity contribution in [1.82, 2.24) is 0 Å². The van der Waals surface area contributed by atoms with E-state index in [4.69, 9.17) is 21.1 Å². The quantitative estimate of drug-likeness (QED) is 0.777. The van der Waals surface area contributed by atoms with Crippen LogP contribution >= 0.6 is 11.6 Å². The highest BCUT2D eigenvalue weighted by molar-refractivity contribution is 6.31. The van der Waals surface area contributed by atoms with Gasteiger partial charge in [-0.05, 0) is 35.9 Å². The maximum atomic E-state index is 12.2. The summed E-state index contributed by atoms with van der Waals surface area (Å²) < 4.78 is 10.6. The molecule has 2 aromatic rings. The molecule has 0 saturated heterocycles. The normalized spacial score (nSPS) is 10.0. The number of hydrogen-bond acceptors (Lipinski definition) is 3. The first-order chi connectivity index (χ1) is 11.1. The average Bonchev–Trinajstić information content (AvgIpc) is 2.55. The van der Waals surface area contributed by atoms with Gasteiger partial charge in [0.15, 0.2) is 0 Å². The number of carbonyl (C=O) groups excluding carboxylic acids is 1. The molecule has 4 nitrogen and oxygen atoms in total. The Kier molecular flexibility index (Phi) is 6.06. The summed E-state index contributed by atoms with van der Waals surface area (Å²) in [7, 11) is 1.60. The minimum absolute atomic E-state index is 0.152. The monoisotopic (exact) mass is 331 g/mol. The Labute approximate surface area is 140 Å². The van der Waals surface area contributed by atoms with Crippen LogP contribution in [-0.4, -0.2) is 19.6 Å². The Morgan fingerprint density at radius 2 is 2.00 bits per heavy atom. The number of amides is 1. The molecule has 23 heavy (non-hydrogen) atoms. The van der Waals surface area contributed by atoms with Crippen molar-refractivity contribution in [2.75, 3.05) is 19.0 Å². The van der Waals surface area contributed by atoms with Gasteiger partial charge >= 0.3 is 0 Å². The number of hydrogen-bond donors (Lipinski definition) is 1. The van der Waals surface area contributed by atoms with Crippen molar-refractivity contribution in [3.05, 3.63) is 65.7 Å². The van der Waals surface area contributed by atoms with Crippen LogP contribution in [0.25, 0.3) is 0 Å². The molecule has 0 aliphatic heterocycles. The fourth-order valence-electron chi connectivity index (χ4n) is 2.00. The van der Waals surface area contributed by atoms with Gasteiger partial charge in [0.1, 0.15) is 18.1 Å². The molecule has 0 heterocycles. The second kappa shape index (κ2) is 8.25. The fourth-order valence-corrected chi connectivity index (χ4v) is 2.17. The zero-order valence-electron chi connectivity index (χ0n) is 12.8. The van der Waals surface area contributed by atoms with Crippen molar-refractivity contribution < 1.29 is 14.3 Å². The summed E-state index contributed by atoms with van der Waals surface area (Å²) in [5, 5.41) is 3.35. The van der Waals surface area contributed by atoms with Gasteiger partial charge in [-0.3, -0.25) is 4.79 Å². The number of benzene rings is 2. The lowest BCUT2D eigenvalue weighted by Gasteiger charge is -2.12. The van der Waals surface area contributed by atoms with Crippen LogP contribution in [0.2, 0.25) is 5.02 Å². The molecule has 0 saturated carbocycles. The predicted octanol–water partition coefficient (Wildman–Crippen LogP) is 4.09. The average molecular weight is 332 g/mol. The molecule has 1 N–H and O–H groups in total. The Balaban J connectivity index is 2.06. The second-order valence-corrected chi connectivity index (χ2v) is 5.25. The second-order valence-electron chi connectivity index (χ2n) is 4.81. The van der Waals surface area contributed by atoms with E-state index < -0.39 is 0 Å². The molecule has 120 valence electrons. The Bertz CT molecular complexity index is 683. The minimum atomic E-state index is -0.152. The van der Waals surface area contributed by atoms with Gasteiger partial charge in [-0.1, -0.05) is 36.4 Å². The van der Waals surface area contributed by atoms with E-state index in [1.807, 2.05) is 24.3 Å². The van der Waals surface area contributed by atoms with Gasteiger partial charge < -0.3 is 14.8 Å². The van der Waals surface area contributed by atoms with Gasteiger partial charge in [0.2, 0.25) is 5.91 Å². The van der Waals surface area contributed by atoms with Crippen LogP contribution in [0.3, 0.4) is 0 Å². The molecule has 0 aliphatic rings. The molecular formula is C18H18ClNO3. The van der Waals surface area contributed by atoms with Crippen LogP contribution in [0.4, 0.5) is 5.69 Å². The lowest BCUT2D eigenvalue weighted by molar-refractivity contribution is -0.115. The van der Waals surface area contributed by atoms with Gasteiger partial charge in [0, 0.05) is 5.02 Å². The van der Waals surface area contributed by atoms with Crippen LogP contribution in [0.1, 0.15) is 5.56 Å². The smallest absolute Gasteiger partial charge is 0.228 e. The summed E-state index contributed by atoms with van der Waals surface area (Å²) in [5.41, 5.74) is 1.43. The lowest BCUT2D eigenvalue weighted by Crippen LogP contribution is -2.15. The summed E-state index contributed by atoms with van der Waals surface area (Å²) in [5.74, 6) is 1.15. The SMILES string of the molecule is C=CCOc1ccc(Cl)cc1NC(=O)Cc1ccc(OC)cc1. The standard InChI is InChI=1S/C18H18ClNO3/c1-3-10-23-17-9-6-14(19)12-16(17)20-18(21)11-13-4-7-15(22-2)8-5-13/h3-9,12H,1,10-11H2,2H3,(H,20,21). The molecule has 1 amide bonds. The minimum Gasteiger partial charge on any atom is -0.497 e. The van der Waals surface area contributed by atoms with Crippen LogP contribution < -0.4 is 14.8 Å². The molecule has 0 fully saturated rings. The first-order valence-corrected chi connectivity index (χ1v) is 7.46. The highest BCUT2D eigenvalue weighted by atomic mass is 35.5. The first kappa shape index (κ1) is 16.9. The third-order valence-corrected chi connectivity index (χ3v) is 3.33. The number of nitrogens with one attached hydrogen (secondary N) is 1. The molecule has 2 rings (SSSR count). The van der Waals surface area contributed by atoms with E-state index in [0.29, 0.717) is 23.1 Å². The predicted molar refractivity (Wildman–Crippen MR) is 92.5 cm³/mol. The van der Waals surface area contributed by atoms with E-state index in [2.05, 4.69) is 11.9 Å². The molecule has 0 unspecified atom stereocenters. The van der Waals surface area contributed by atoms with Gasteiger partial charge in [-0.2, -0.15) is 0 Å². The summed E-state index contributed by atoms with van der Waals surface area (Å²) in [4.78, 5) is 12.2. The van der Waals surface area contributed by atoms with Crippen molar-refractivity contribution in [3.8, 4) is 11.5 Å². The van der Waals surface area contributed by atoms with Gasteiger partial charge in [0.05, 0.1) is 19.2 Å². The van der Waals surface area contributed by atoms with E-state index in [0.717, 1.165) is 11.3 Å². The largest absolute Gasteiger partial charge is 0.497 e. The molecule has 0 bridgehead atoms. The van der Waals surface area contributed by atoms with Crippen LogP contribution in [0, 0.1) is 0 Å². The summed E-state index contributed by atoms with van der Waals surface area (Å²) in [6, 6.07) is 12.4. The molecule has 0 atom stereocenters. The Morgan fingerprint density at radius 1 is 1.26 bits per heavy atom. The number of carbonyl (C=O) groups is 1. The topological polar surface area (TPSA) is 47.6 Å². The maximum absolute atomic E-state index is 12.2. The maximum Gasteiger partial charge on any atom is 0.228 e. The van der Waals surface area contributed by atoms with Crippen molar-refractivity contribution >= 4 is 23.2 Å². The third-order valence-electron chi connectivity index (χ3n) is 3.10. The fraction of sp³-hybridized carbons (Fsp3) is 0.167. The summed E-state index contributed by atoms with van der Waals surface area (Å²) >= 11 is 5.99. The van der Waals surface area contributed by atoms with Crippen molar-refractivity contribution in [2.45, 2.75) is 6.42 Å². The summed E-state index contributed by atoms with van der Waals surface area (Å²) in [6.07, 6.45) is 1.88. The van der Waals surface area contributed by atoms with E-state index in [9.17, 15) is 4.79 Å². The number of methoxy groups -OCH3 is 1. The molecule has 2 aromatic carbocycles. The highest BCUT2D eigenvalue weighted by Crippen LogP contribution is 2.28. The number of anilines is 1. The molecule has 5 heteroatoms. The summed E-state index contributed by atoms with van der Waals surface area (Å²) in [6.45, 7) is 3.96. The zero-order chi connectivity index (χ0) is 16.7. The molecule has 0 radical (unpaired) electrons. The van der Waals surface area contributed by atoms with Gasteiger partial charge in [0.25, 0.3) is 0 Å². The number of ether oxygens (including phenoxy) is 2. The van der Waals surface area contributed by atoms with Crippen molar-refractivity contribution in [2.24, 2.45) is 0 Å². The Morgan fingerprint density at radius 3 is 2.65 bits per heavy atom. The van der Waals surface area contributed by atoms with E-state index >= 15 is 0 Å². The van der Waals surface area contributed by atoms with Crippen molar-refractivity contribution in [3.63, 3.8) is 0 Å². The lowest BCUT2D eigenvalue weighted by atomic mass is 10.1. The Hall–Kier alpha value is -2.46. The first-order valence-electron chi connectivity index (χ1n) is 7.08. The molecule has 0 spiro atoms. The van der Waals surface area contributed by atoms with Crippen LogP contribution in [0.5, 0.6) is 11.5 Å². The number of halogens is 1. The van der Waals surface area contributed by atoms with Gasteiger partial charge in [-0.15, -0.1) is 0 Å². The highest BCUT2D eigenvalue weighted by Gasteiger charge is 2.10. The van der Waals surface area contributed by atoms with Crippen molar-refractivity contribution in [1.29, 1.82) is 0 Å². The van der Waals surface area contributed by atoms with Gasteiger partial charge in [-0.25, -0.2) is 0 Å².